The van der Waals surface area contributed by atoms with Gasteiger partial charge in [-0.15, -0.1) is 0 Å². The van der Waals surface area contributed by atoms with Gasteiger partial charge >= 0.3 is 0 Å². The Hall–Kier alpha value is -0.120. The number of hydrogen-bond donors (Lipinski definition) is 1. The van der Waals surface area contributed by atoms with E-state index in [4.69, 9.17) is 9.47 Å². The zero-order chi connectivity index (χ0) is 10.8. The lowest BCUT2D eigenvalue weighted by Crippen LogP contribution is -2.43. The van der Waals surface area contributed by atoms with Crippen molar-refractivity contribution < 1.29 is 9.47 Å². The first kappa shape index (κ1) is 13.9. The summed E-state index contributed by atoms with van der Waals surface area (Å²) < 4.78 is 11.1. The van der Waals surface area contributed by atoms with Crippen LogP contribution in [0.1, 0.15) is 40.5 Å². The Balaban J connectivity index is 4.06. The third kappa shape index (κ3) is 5.58. The van der Waals surface area contributed by atoms with E-state index in [0.717, 1.165) is 19.4 Å². The van der Waals surface area contributed by atoms with Crippen molar-refractivity contribution in [1.29, 1.82) is 0 Å². The fraction of sp³-hybridized carbons (Fsp3) is 1.00. The Morgan fingerprint density at radius 2 is 1.57 bits per heavy atom. The molecule has 1 unspecified atom stereocenters. The van der Waals surface area contributed by atoms with Crippen LogP contribution in [0, 0.1) is 0 Å². The Morgan fingerprint density at radius 3 is 1.93 bits per heavy atom. The highest BCUT2D eigenvalue weighted by Crippen LogP contribution is 2.08. The third-order valence-corrected chi connectivity index (χ3v) is 2.06. The molecule has 0 aliphatic carbocycles. The molecule has 0 rings (SSSR count). The maximum absolute atomic E-state index is 5.56. The average molecular weight is 203 g/mol. The molecule has 0 radical (unpaired) electrons. The van der Waals surface area contributed by atoms with Crippen molar-refractivity contribution in [2.45, 2.75) is 52.9 Å². The van der Waals surface area contributed by atoms with Crippen LogP contribution in [-0.2, 0) is 9.47 Å². The number of nitrogens with one attached hydrogen (secondary N) is 1. The second-order valence-electron chi connectivity index (χ2n) is 3.23. The number of rotatable bonds is 9. The summed E-state index contributed by atoms with van der Waals surface area (Å²) in [4.78, 5) is 0. The molecule has 0 heterocycles. The van der Waals surface area contributed by atoms with Gasteiger partial charge < -0.3 is 14.8 Å². The Bertz CT molecular complexity index is 93.9. The largest absolute Gasteiger partial charge is 0.351 e. The summed E-state index contributed by atoms with van der Waals surface area (Å²) in [6, 6.07) is 0.324. The van der Waals surface area contributed by atoms with Gasteiger partial charge in [0.1, 0.15) is 0 Å². The molecule has 0 spiro atoms. The van der Waals surface area contributed by atoms with Crippen LogP contribution in [0.3, 0.4) is 0 Å². The predicted octanol–water partition coefficient (Wildman–Crippen LogP) is 2.16. The van der Waals surface area contributed by atoms with Gasteiger partial charge in [0.2, 0.25) is 0 Å². The molecule has 0 fully saturated rings. The summed E-state index contributed by atoms with van der Waals surface area (Å²) in [6.07, 6.45) is 2.15. The minimum Gasteiger partial charge on any atom is -0.351 e. The van der Waals surface area contributed by atoms with E-state index in [-0.39, 0.29) is 6.29 Å². The molecule has 0 bridgehead atoms. The monoisotopic (exact) mass is 203 g/mol. The lowest BCUT2D eigenvalue weighted by atomic mass is 10.1. The van der Waals surface area contributed by atoms with E-state index in [9.17, 15) is 0 Å². The maximum atomic E-state index is 5.56. The summed E-state index contributed by atoms with van der Waals surface area (Å²) in [5, 5.41) is 3.40. The highest BCUT2D eigenvalue weighted by molar-refractivity contribution is 4.69. The second-order valence-corrected chi connectivity index (χ2v) is 3.23. The molecular formula is C11H25NO2. The number of hydrogen-bond acceptors (Lipinski definition) is 3. The van der Waals surface area contributed by atoms with Crippen LogP contribution in [0.25, 0.3) is 0 Å². The van der Waals surface area contributed by atoms with Crippen LogP contribution in [0.15, 0.2) is 0 Å². The van der Waals surface area contributed by atoms with Gasteiger partial charge in [-0.3, -0.25) is 0 Å². The lowest BCUT2D eigenvalue weighted by Gasteiger charge is -2.27. The molecule has 3 heteroatoms. The van der Waals surface area contributed by atoms with Crippen LogP contribution in [0.4, 0.5) is 0 Å². The SMILES string of the molecule is CCCC(NCC)C(OCC)OCC. The molecule has 86 valence electrons. The van der Waals surface area contributed by atoms with E-state index in [1.54, 1.807) is 0 Å². The van der Waals surface area contributed by atoms with Gasteiger partial charge in [0.25, 0.3) is 0 Å². The van der Waals surface area contributed by atoms with Crippen LogP contribution in [0.2, 0.25) is 0 Å². The standard InChI is InChI=1S/C11H25NO2/c1-5-9-10(12-6-2)11(13-7-3)14-8-4/h10-12H,5-9H2,1-4H3. The molecular weight excluding hydrogens is 178 g/mol. The van der Waals surface area contributed by atoms with Crippen molar-refractivity contribution in [1.82, 2.24) is 5.32 Å². The van der Waals surface area contributed by atoms with Crippen molar-refractivity contribution in [3.05, 3.63) is 0 Å². The zero-order valence-electron chi connectivity index (χ0n) is 10.0. The highest BCUT2D eigenvalue weighted by Gasteiger charge is 2.19. The second kappa shape index (κ2) is 9.44. The molecule has 3 nitrogen and oxygen atoms in total. The molecule has 0 aliphatic rings. The van der Waals surface area contributed by atoms with E-state index in [1.807, 2.05) is 13.8 Å². The summed E-state index contributed by atoms with van der Waals surface area (Å²) in [6.45, 7) is 10.7. The van der Waals surface area contributed by atoms with Crippen LogP contribution in [-0.4, -0.2) is 32.1 Å². The van der Waals surface area contributed by atoms with E-state index in [0.29, 0.717) is 19.3 Å². The summed E-state index contributed by atoms with van der Waals surface area (Å²) >= 11 is 0. The Labute approximate surface area is 88.2 Å². The van der Waals surface area contributed by atoms with Crippen LogP contribution < -0.4 is 5.32 Å². The van der Waals surface area contributed by atoms with Gasteiger partial charge in [0, 0.05) is 13.2 Å². The van der Waals surface area contributed by atoms with E-state index in [1.165, 1.54) is 0 Å². The first-order valence-corrected chi connectivity index (χ1v) is 5.76. The molecule has 0 amide bonds. The van der Waals surface area contributed by atoms with Gasteiger partial charge in [0.05, 0.1) is 6.04 Å². The van der Waals surface area contributed by atoms with Gasteiger partial charge in [0.15, 0.2) is 6.29 Å². The van der Waals surface area contributed by atoms with Crippen LogP contribution >= 0.6 is 0 Å². The minimum absolute atomic E-state index is 0.0927. The summed E-state index contributed by atoms with van der Waals surface area (Å²) in [5.41, 5.74) is 0. The molecule has 1 N–H and O–H groups in total. The Morgan fingerprint density at radius 1 is 1.00 bits per heavy atom. The van der Waals surface area contributed by atoms with Crippen molar-refractivity contribution in [3.63, 3.8) is 0 Å². The number of ether oxygens (including phenoxy) is 2. The third-order valence-electron chi connectivity index (χ3n) is 2.06. The Kier molecular flexibility index (Phi) is 9.35. The molecule has 1 atom stereocenters. The lowest BCUT2D eigenvalue weighted by molar-refractivity contribution is -0.154. The van der Waals surface area contributed by atoms with Gasteiger partial charge in [-0.1, -0.05) is 20.3 Å². The van der Waals surface area contributed by atoms with Gasteiger partial charge in [-0.2, -0.15) is 0 Å². The smallest absolute Gasteiger partial charge is 0.172 e. The summed E-state index contributed by atoms with van der Waals surface area (Å²) in [7, 11) is 0. The molecule has 0 aromatic rings. The zero-order valence-corrected chi connectivity index (χ0v) is 10.0. The topological polar surface area (TPSA) is 30.5 Å². The molecule has 0 aliphatic heterocycles. The van der Waals surface area contributed by atoms with Gasteiger partial charge in [-0.05, 0) is 26.8 Å². The fourth-order valence-electron chi connectivity index (χ4n) is 1.52. The number of likely N-dealkylation sites (N-methyl/N-ethyl adjacent to an activating group) is 1. The molecule has 0 saturated carbocycles. The first-order valence-electron chi connectivity index (χ1n) is 5.76. The normalized spacial score (nSPS) is 13.5. The van der Waals surface area contributed by atoms with Crippen molar-refractivity contribution >= 4 is 0 Å². The van der Waals surface area contributed by atoms with Crippen molar-refractivity contribution in [2.24, 2.45) is 0 Å². The summed E-state index contributed by atoms with van der Waals surface area (Å²) in [5.74, 6) is 0. The molecule has 0 aromatic carbocycles. The van der Waals surface area contributed by atoms with E-state index in [2.05, 4.69) is 19.2 Å². The predicted molar refractivity (Wildman–Crippen MR) is 59.4 cm³/mol. The molecule has 14 heavy (non-hydrogen) atoms. The first-order chi connectivity index (χ1) is 6.79. The van der Waals surface area contributed by atoms with Crippen LogP contribution in [0.5, 0.6) is 0 Å². The molecule has 0 aromatic heterocycles. The van der Waals surface area contributed by atoms with E-state index < -0.39 is 0 Å². The van der Waals surface area contributed by atoms with Gasteiger partial charge in [-0.25, -0.2) is 0 Å². The molecule has 0 saturated heterocycles. The average Bonchev–Trinajstić information content (AvgIpc) is 2.17. The quantitative estimate of drug-likeness (QED) is 0.583. The highest BCUT2D eigenvalue weighted by atomic mass is 16.7. The van der Waals surface area contributed by atoms with Crippen molar-refractivity contribution in [3.8, 4) is 0 Å². The van der Waals surface area contributed by atoms with Crippen molar-refractivity contribution in [2.75, 3.05) is 19.8 Å². The van der Waals surface area contributed by atoms with E-state index >= 15 is 0 Å². The maximum Gasteiger partial charge on any atom is 0.172 e. The fourth-order valence-corrected chi connectivity index (χ4v) is 1.52. The minimum atomic E-state index is -0.0927.